The SMILES string of the molecule is O=C1CCCC2=C1CCC21C=C(Cn2[nH]c(=O)n(-c3ccccc3)c2=O)CC1. The number of hydrogen-bond acceptors (Lipinski definition) is 3. The van der Waals surface area contributed by atoms with E-state index in [1.54, 1.807) is 24.3 Å². The summed E-state index contributed by atoms with van der Waals surface area (Å²) in [4.78, 5) is 37.3. The number of allylic oxidation sites excluding steroid dienone is 4. The van der Waals surface area contributed by atoms with Crippen LogP contribution in [0.2, 0.25) is 0 Å². The third-order valence-electron chi connectivity index (χ3n) is 6.56. The van der Waals surface area contributed by atoms with Crippen molar-refractivity contribution >= 4 is 5.78 Å². The van der Waals surface area contributed by atoms with Crippen molar-refractivity contribution in [3.05, 3.63) is 74.1 Å². The molecule has 2 aromatic rings. The number of aromatic amines is 1. The third-order valence-corrected chi connectivity index (χ3v) is 6.56. The lowest BCUT2D eigenvalue weighted by atomic mass is 9.76. The van der Waals surface area contributed by atoms with Crippen molar-refractivity contribution in [1.82, 2.24) is 14.3 Å². The van der Waals surface area contributed by atoms with Crippen molar-refractivity contribution in [2.45, 2.75) is 51.5 Å². The predicted molar refractivity (Wildman–Crippen MR) is 106 cm³/mol. The number of nitrogens with one attached hydrogen (secondary N) is 1. The molecule has 28 heavy (non-hydrogen) atoms. The maximum Gasteiger partial charge on any atom is 0.351 e. The van der Waals surface area contributed by atoms with Gasteiger partial charge in [-0.3, -0.25) is 4.79 Å². The van der Waals surface area contributed by atoms with E-state index < -0.39 is 5.69 Å². The van der Waals surface area contributed by atoms with Crippen LogP contribution in [0.1, 0.15) is 44.9 Å². The lowest BCUT2D eigenvalue weighted by Crippen LogP contribution is -2.27. The highest BCUT2D eigenvalue weighted by Crippen LogP contribution is 2.55. The van der Waals surface area contributed by atoms with E-state index in [1.165, 1.54) is 14.8 Å². The van der Waals surface area contributed by atoms with Crippen LogP contribution < -0.4 is 11.4 Å². The molecule has 0 amide bonds. The molecule has 3 aliphatic rings. The Hall–Kier alpha value is -2.89. The van der Waals surface area contributed by atoms with Crippen molar-refractivity contribution in [2.75, 3.05) is 0 Å². The number of carbonyl (C=O) groups excluding carboxylic acids is 1. The second kappa shape index (κ2) is 6.33. The number of hydrogen-bond donors (Lipinski definition) is 1. The minimum absolute atomic E-state index is 0.00659. The zero-order valence-electron chi connectivity index (χ0n) is 15.7. The normalized spacial score (nSPS) is 24.1. The molecule has 144 valence electrons. The van der Waals surface area contributed by atoms with Crippen molar-refractivity contribution < 1.29 is 4.79 Å². The molecule has 3 aliphatic carbocycles. The standard InChI is InChI=1S/C22H23N3O3/c26-19-8-4-7-18-17(19)10-12-22(18)11-9-15(13-22)14-24-21(28)25(20(27)23-24)16-5-2-1-3-6-16/h1-3,5-6,13H,4,7-12,14H2,(H,23,27). The minimum Gasteiger partial charge on any atom is -0.295 e. The first-order valence-corrected chi connectivity index (χ1v) is 10.0. The van der Waals surface area contributed by atoms with Crippen molar-refractivity contribution in [3.8, 4) is 5.69 Å². The summed E-state index contributed by atoms with van der Waals surface area (Å²) < 4.78 is 2.57. The van der Waals surface area contributed by atoms with Crippen LogP contribution in [0.5, 0.6) is 0 Å². The van der Waals surface area contributed by atoms with Crippen LogP contribution in [0.3, 0.4) is 0 Å². The number of H-pyrrole nitrogens is 1. The Morgan fingerprint density at radius 3 is 2.57 bits per heavy atom. The monoisotopic (exact) mass is 377 g/mol. The first kappa shape index (κ1) is 17.2. The molecular formula is C22H23N3O3. The fraction of sp³-hybridized carbons (Fsp3) is 0.409. The van der Waals surface area contributed by atoms with E-state index in [4.69, 9.17) is 0 Å². The number of rotatable bonds is 3. The van der Waals surface area contributed by atoms with Crippen LogP contribution in [-0.2, 0) is 11.3 Å². The highest BCUT2D eigenvalue weighted by molar-refractivity contribution is 5.97. The molecule has 0 fully saturated rings. The summed E-state index contributed by atoms with van der Waals surface area (Å²) in [5.41, 5.74) is 3.38. The number of benzene rings is 1. The maximum absolute atomic E-state index is 12.8. The average molecular weight is 377 g/mol. The van der Waals surface area contributed by atoms with E-state index >= 15 is 0 Å². The van der Waals surface area contributed by atoms with Crippen LogP contribution in [0.4, 0.5) is 0 Å². The fourth-order valence-electron chi connectivity index (χ4n) is 5.25. The van der Waals surface area contributed by atoms with Gasteiger partial charge in [-0.25, -0.2) is 23.9 Å². The molecule has 0 radical (unpaired) electrons. The smallest absolute Gasteiger partial charge is 0.295 e. The number of para-hydroxylation sites is 1. The first-order valence-electron chi connectivity index (χ1n) is 10.0. The van der Waals surface area contributed by atoms with Gasteiger partial charge in [-0.2, -0.15) is 0 Å². The number of ketones is 1. The highest BCUT2D eigenvalue weighted by Gasteiger charge is 2.44. The lowest BCUT2D eigenvalue weighted by molar-refractivity contribution is -0.116. The topological polar surface area (TPSA) is 76.9 Å². The molecular weight excluding hydrogens is 354 g/mol. The quantitative estimate of drug-likeness (QED) is 0.836. The zero-order chi connectivity index (χ0) is 19.3. The molecule has 0 saturated heterocycles. The van der Waals surface area contributed by atoms with E-state index in [9.17, 15) is 14.4 Å². The van der Waals surface area contributed by atoms with E-state index in [0.717, 1.165) is 49.7 Å². The van der Waals surface area contributed by atoms with Crippen molar-refractivity contribution in [1.29, 1.82) is 0 Å². The Labute approximate surface area is 162 Å². The molecule has 1 aromatic heterocycles. The van der Waals surface area contributed by atoms with Gasteiger partial charge < -0.3 is 0 Å². The van der Waals surface area contributed by atoms with Gasteiger partial charge >= 0.3 is 11.4 Å². The Bertz CT molecular complexity index is 1130. The molecule has 6 nitrogen and oxygen atoms in total. The van der Waals surface area contributed by atoms with E-state index in [0.29, 0.717) is 24.4 Å². The lowest BCUT2D eigenvalue weighted by Gasteiger charge is -2.27. The molecule has 1 N–H and O–H groups in total. The molecule has 1 atom stereocenters. The van der Waals surface area contributed by atoms with Gasteiger partial charge in [0.25, 0.3) is 0 Å². The Morgan fingerprint density at radius 1 is 0.964 bits per heavy atom. The molecule has 0 saturated carbocycles. The van der Waals surface area contributed by atoms with Crippen LogP contribution in [-0.4, -0.2) is 20.1 Å². The summed E-state index contributed by atoms with van der Waals surface area (Å²) >= 11 is 0. The van der Waals surface area contributed by atoms with E-state index in [2.05, 4.69) is 11.2 Å². The van der Waals surface area contributed by atoms with Gasteiger partial charge in [0.2, 0.25) is 0 Å². The Balaban J connectivity index is 1.46. The second-order valence-corrected chi connectivity index (χ2v) is 8.15. The van der Waals surface area contributed by atoms with Gasteiger partial charge in [-0.1, -0.05) is 35.4 Å². The third kappa shape index (κ3) is 2.58. The zero-order valence-corrected chi connectivity index (χ0v) is 15.7. The predicted octanol–water partition coefficient (Wildman–Crippen LogP) is 2.88. The number of fused-ring (bicyclic) bond motifs is 1. The molecule has 1 spiro atoms. The summed E-state index contributed by atoms with van der Waals surface area (Å²) in [6, 6.07) is 8.95. The molecule has 5 rings (SSSR count). The highest BCUT2D eigenvalue weighted by atomic mass is 16.2. The molecule has 6 heteroatoms. The van der Waals surface area contributed by atoms with Crippen LogP contribution in [0.25, 0.3) is 5.69 Å². The largest absolute Gasteiger partial charge is 0.351 e. The van der Waals surface area contributed by atoms with Crippen LogP contribution >= 0.6 is 0 Å². The summed E-state index contributed by atoms with van der Waals surface area (Å²) in [6.07, 6.45) is 8.75. The molecule has 1 heterocycles. The second-order valence-electron chi connectivity index (χ2n) is 8.15. The van der Waals surface area contributed by atoms with Gasteiger partial charge in [0.1, 0.15) is 0 Å². The molecule has 0 aliphatic heterocycles. The van der Waals surface area contributed by atoms with Gasteiger partial charge in [-0.05, 0) is 56.2 Å². The molecule has 1 unspecified atom stereocenters. The van der Waals surface area contributed by atoms with Crippen molar-refractivity contribution in [3.63, 3.8) is 0 Å². The summed E-state index contributed by atoms with van der Waals surface area (Å²) in [7, 11) is 0. The van der Waals surface area contributed by atoms with E-state index in [-0.39, 0.29) is 11.1 Å². The van der Waals surface area contributed by atoms with Crippen LogP contribution in [0.15, 0.2) is 62.7 Å². The summed E-state index contributed by atoms with van der Waals surface area (Å²) in [5.74, 6) is 0.334. The molecule has 0 bridgehead atoms. The van der Waals surface area contributed by atoms with Gasteiger partial charge in [0.05, 0.1) is 12.2 Å². The minimum atomic E-state index is -0.423. The van der Waals surface area contributed by atoms with Gasteiger partial charge in [0, 0.05) is 11.8 Å². The number of nitrogens with zero attached hydrogens (tertiary/aromatic N) is 2. The Morgan fingerprint density at radius 2 is 1.75 bits per heavy atom. The van der Waals surface area contributed by atoms with Gasteiger partial charge in [-0.15, -0.1) is 0 Å². The number of aromatic nitrogens is 3. The maximum atomic E-state index is 12.8. The average Bonchev–Trinajstić information content (AvgIpc) is 3.35. The van der Waals surface area contributed by atoms with E-state index in [1.807, 2.05) is 6.07 Å². The summed E-state index contributed by atoms with van der Waals surface area (Å²) in [5, 5.41) is 2.69. The van der Waals surface area contributed by atoms with Gasteiger partial charge in [0.15, 0.2) is 5.78 Å². The van der Waals surface area contributed by atoms with Crippen LogP contribution in [0, 0.1) is 5.41 Å². The summed E-state index contributed by atoms with van der Waals surface area (Å²) in [6.45, 7) is 0.395. The number of Topliss-reactive ketones (excluding diaryl/α,β-unsaturated/α-hetero) is 1. The first-order chi connectivity index (χ1) is 13.6. The molecule has 1 aromatic carbocycles. The van der Waals surface area contributed by atoms with Crippen molar-refractivity contribution in [2.24, 2.45) is 5.41 Å². The Kier molecular flexibility index (Phi) is 3.89. The fourth-order valence-corrected chi connectivity index (χ4v) is 5.25. The number of carbonyl (C=O) groups is 1.